The Hall–Kier alpha value is -4.52. The van der Waals surface area contributed by atoms with E-state index in [9.17, 15) is 19.2 Å². The molecule has 1 aliphatic rings. The molecule has 1 fully saturated rings. The lowest BCUT2D eigenvalue weighted by atomic mass is 10.00. The van der Waals surface area contributed by atoms with E-state index in [1.165, 1.54) is 4.90 Å². The quantitative estimate of drug-likeness (QED) is 0.367. The van der Waals surface area contributed by atoms with Gasteiger partial charge in [-0.05, 0) is 82.0 Å². The molecular weight excluding hydrogens is 512 g/mol. The van der Waals surface area contributed by atoms with E-state index in [0.717, 1.165) is 0 Å². The van der Waals surface area contributed by atoms with Crippen LogP contribution in [0.5, 0.6) is 5.75 Å². The molecule has 0 saturated heterocycles. The first-order valence-corrected chi connectivity index (χ1v) is 13.0. The number of terminal acetylenes is 1. The van der Waals surface area contributed by atoms with Gasteiger partial charge in [-0.15, -0.1) is 6.42 Å². The van der Waals surface area contributed by atoms with Crippen molar-refractivity contribution in [2.75, 3.05) is 12.4 Å². The van der Waals surface area contributed by atoms with Gasteiger partial charge >= 0.3 is 6.09 Å². The third-order valence-electron chi connectivity index (χ3n) is 6.14. The summed E-state index contributed by atoms with van der Waals surface area (Å²) >= 11 is 0. The van der Waals surface area contributed by atoms with Crippen molar-refractivity contribution in [3.8, 4) is 18.1 Å². The van der Waals surface area contributed by atoms with Crippen LogP contribution in [0.1, 0.15) is 63.6 Å². The van der Waals surface area contributed by atoms with Gasteiger partial charge in [0.05, 0.1) is 7.11 Å². The number of nitrogens with one attached hydrogen (secondary N) is 2. The fourth-order valence-electron chi connectivity index (χ4n) is 4.13. The Balaban J connectivity index is 1.99. The molecule has 0 aromatic heterocycles. The molecule has 0 radical (unpaired) electrons. The van der Waals surface area contributed by atoms with Crippen molar-refractivity contribution in [2.45, 2.75) is 70.2 Å². The second kappa shape index (κ2) is 13.0. The molecule has 40 heavy (non-hydrogen) atoms. The fourth-order valence-corrected chi connectivity index (χ4v) is 4.13. The molecule has 10 nitrogen and oxygen atoms in total. The summed E-state index contributed by atoms with van der Waals surface area (Å²) in [5.41, 5.74) is 6.22. The molecule has 3 rings (SSSR count). The van der Waals surface area contributed by atoms with Crippen LogP contribution in [0.15, 0.2) is 48.5 Å². The lowest BCUT2D eigenvalue weighted by Gasteiger charge is -2.34. The molecule has 4 N–H and O–H groups in total. The van der Waals surface area contributed by atoms with Gasteiger partial charge in [0.1, 0.15) is 23.4 Å². The third-order valence-corrected chi connectivity index (χ3v) is 6.14. The highest BCUT2D eigenvalue weighted by Gasteiger charge is 2.44. The Labute approximate surface area is 234 Å². The maximum Gasteiger partial charge on any atom is 0.408 e. The van der Waals surface area contributed by atoms with E-state index in [4.69, 9.17) is 21.6 Å². The average Bonchev–Trinajstić information content (AvgIpc) is 3.74. The Morgan fingerprint density at radius 1 is 1.07 bits per heavy atom. The number of rotatable bonds is 11. The molecule has 0 bridgehead atoms. The molecule has 2 aromatic rings. The van der Waals surface area contributed by atoms with Crippen molar-refractivity contribution >= 4 is 29.5 Å². The zero-order chi connectivity index (χ0) is 29.4. The van der Waals surface area contributed by atoms with E-state index < -0.39 is 41.5 Å². The SMILES string of the molecule is C#Cc1ccc(C(C(=O)Nc2ccc(OC)cc2)N(C(=O)C(CCC(N)=O)NC(=O)OC(C)(C)C)C2CC2)cc1. The number of hydrogen-bond acceptors (Lipinski definition) is 6. The summed E-state index contributed by atoms with van der Waals surface area (Å²) in [4.78, 5) is 53.6. The number of primary amides is 1. The Morgan fingerprint density at radius 2 is 1.70 bits per heavy atom. The highest BCUT2D eigenvalue weighted by atomic mass is 16.6. The zero-order valence-electron chi connectivity index (χ0n) is 23.2. The maximum absolute atomic E-state index is 14.1. The van der Waals surface area contributed by atoms with Crippen molar-refractivity contribution in [1.82, 2.24) is 10.2 Å². The van der Waals surface area contributed by atoms with Crippen LogP contribution in [0.25, 0.3) is 0 Å². The van der Waals surface area contributed by atoms with Gasteiger partial charge in [0.2, 0.25) is 11.8 Å². The van der Waals surface area contributed by atoms with Crippen LogP contribution in [0.3, 0.4) is 0 Å². The lowest BCUT2D eigenvalue weighted by Crippen LogP contribution is -2.53. The number of nitrogens with two attached hydrogens (primary N) is 1. The summed E-state index contributed by atoms with van der Waals surface area (Å²) in [7, 11) is 1.54. The highest BCUT2D eigenvalue weighted by Crippen LogP contribution is 2.36. The maximum atomic E-state index is 14.1. The van der Waals surface area contributed by atoms with Gasteiger partial charge in [-0.25, -0.2) is 4.79 Å². The molecule has 2 atom stereocenters. The summed E-state index contributed by atoms with van der Waals surface area (Å²) in [5, 5.41) is 5.47. The molecule has 212 valence electrons. The number of hydrogen-bond donors (Lipinski definition) is 3. The van der Waals surface area contributed by atoms with E-state index in [-0.39, 0.29) is 18.9 Å². The molecule has 10 heteroatoms. The van der Waals surface area contributed by atoms with Gasteiger partial charge in [-0.3, -0.25) is 14.4 Å². The minimum atomic E-state index is -1.15. The van der Waals surface area contributed by atoms with Crippen LogP contribution >= 0.6 is 0 Å². The van der Waals surface area contributed by atoms with Gasteiger partial charge in [0.15, 0.2) is 0 Å². The van der Waals surface area contributed by atoms with Crippen molar-refractivity contribution in [1.29, 1.82) is 0 Å². The molecule has 0 heterocycles. The largest absolute Gasteiger partial charge is 0.497 e. The van der Waals surface area contributed by atoms with E-state index in [2.05, 4.69) is 16.6 Å². The van der Waals surface area contributed by atoms with Crippen LogP contribution < -0.4 is 21.1 Å². The molecule has 2 aromatic carbocycles. The van der Waals surface area contributed by atoms with Crippen molar-refractivity contribution in [2.24, 2.45) is 5.73 Å². The van der Waals surface area contributed by atoms with Crippen molar-refractivity contribution in [3.63, 3.8) is 0 Å². The molecule has 0 spiro atoms. The molecule has 2 unspecified atom stereocenters. The van der Waals surface area contributed by atoms with E-state index in [1.807, 2.05) is 0 Å². The zero-order valence-corrected chi connectivity index (χ0v) is 23.2. The normalized spacial score (nSPS) is 14.2. The molecule has 0 aliphatic heterocycles. The van der Waals surface area contributed by atoms with E-state index >= 15 is 0 Å². The predicted molar refractivity (Wildman–Crippen MR) is 150 cm³/mol. The Bertz CT molecular complexity index is 1260. The van der Waals surface area contributed by atoms with Gasteiger partial charge in [-0.1, -0.05) is 18.1 Å². The monoisotopic (exact) mass is 548 g/mol. The van der Waals surface area contributed by atoms with Gasteiger partial charge in [-0.2, -0.15) is 0 Å². The topological polar surface area (TPSA) is 140 Å². The first kappa shape index (κ1) is 30.0. The number of methoxy groups -OCH3 is 1. The first-order valence-electron chi connectivity index (χ1n) is 13.0. The number of carbonyl (C=O) groups is 4. The Kier molecular flexibility index (Phi) is 9.78. The summed E-state index contributed by atoms with van der Waals surface area (Å²) in [6.07, 6.45) is 5.85. The van der Waals surface area contributed by atoms with Crippen molar-refractivity contribution < 1.29 is 28.7 Å². The number of benzene rings is 2. The van der Waals surface area contributed by atoms with Crippen LogP contribution in [0.4, 0.5) is 10.5 Å². The van der Waals surface area contributed by atoms with Crippen LogP contribution in [-0.2, 0) is 19.1 Å². The Morgan fingerprint density at radius 3 is 2.20 bits per heavy atom. The van der Waals surface area contributed by atoms with Crippen LogP contribution in [-0.4, -0.2) is 53.5 Å². The average molecular weight is 549 g/mol. The van der Waals surface area contributed by atoms with E-state index in [1.54, 1.807) is 76.4 Å². The highest BCUT2D eigenvalue weighted by molar-refractivity contribution is 5.99. The van der Waals surface area contributed by atoms with Gasteiger partial charge in [0, 0.05) is 23.7 Å². The first-order chi connectivity index (χ1) is 18.9. The number of alkyl carbamates (subject to hydrolysis) is 1. The lowest BCUT2D eigenvalue weighted by molar-refractivity contribution is -0.141. The number of amides is 4. The second-order valence-corrected chi connectivity index (χ2v) is 10.6. The predicted octanol–water partition coefficient (Wildman–Crippen LogP) is 3.51. The fraction of sp³-hybridized carbons (Fsp3) is 0.400. The van der Waals surface area contributed by atoms with Gasteiger partial charge in [0.25, 0.3) is 5.91 Å². The minimum absolute atomic E-state index is 0.0561. The number of ether oxygens (including phenoxy) is 2. The number of nitrogens with zero attached hydrogens (tertiary/aromatic N) is 1. The molecule has 1 aliphatic carbocycles. The summed E-state index contributed by atoms with van der Waals surface area (Å²) in [6.45, 7) is 5.09. The van der Waals surface area contributed by atoms with Crippen LogP contribution in [0, 0.1) is 12.3 Å². The van der Waals surface area contributed by atoms with Crippen LogP contribution in [0.2, 0.25) is 0 Å². The molecule has 1 saturated carbocycles. The van der Waals surface area contributed by atoms with E-state index in [0.29, 0.717) is 35.4 Å². The summed E-state index contributed by atoms with van der Waals surface area (Å²) in [5.74, 6) is 1.57. The van der Waals surface area contributed by atoms with Gasteiger partial charge < -0.3 is 30.7 Å². The van der Waals surface area contributed by atoms with Crippen molar-refractivity contribution in [3.05, 3.63) is 59.7 Å². The summed E-state index contributed by atoms with van der Waals surface area (Å²) < 4.78 is 10.5. The third kappa shape index (κ3) is 8.50. The summed E-state index contributed by atoms with van der Waals surface area (Å²) in [6, 6.07) is 11.2. The smallest absolute Gasteiger partial charge is 0.408 e. The number of carbonyl (C=O) groups excluding carboxylic acids is 4. The standard InChI is InChI=1S/C30H36N4O6/c1-6-19-7-9-20(10-8-19)26(27(36)32-21-11-15-23(39-5)16-12-21)34(22-13-14-22)28(37)24(17-18-25(31)35)33-29(38)40-30(2,3)4/h1,7-12,15-16,22,24,26H,13-14,17-18H2,2-5H3,(H2,31,35)(H,32,36)(H,33,38). The minimum Gasteiger partial charge on any atom is -0.497 e. The molecular formula is C30H36N4O6. The second-order valence-electron chi connectivity index (χ2n) is 10.6. The number of anilines is 1. The molecule has 4 amide bonds.